The van der Waals surface area contributed by atoms with Crippen molar-refractivity contribution in [3.63, 3.8) is 0 Å². The van der Waals surface area contributed by atoms with E-state index < -0.39 is 0 Å². The zero-order valence-corrected chi connectivity index (χ0v) is 12.8. The van der Waals surface area contributed by atoms with E-state index in [0.29, 0.717) is 5.02 Å². The fraction of sp³-hybridized carbons (Fsp3) is 0.294. The maximum absolute atomic E-state index is 13.1. The Morgan fingerprint density at radius 3 is 2.65 bits per heavy atom. The molecule has 0 saturated carbocycles. The highest BCUT2D eigenvalue weighted by Gasteiger charge is 2.13. The minimum atomic E-state index is -0.309. The molecule has 2 aromatic carbocycles. The molecule has 0 aliphatic heterocycles. The first-order chi connectivity index (χ1) is 9.52. The Morgan fingerprint density at radius 1 is 1.25 bits per heavy atom. The average Bonchev–Trinajstić information content (AvgIpc) is 2.40. The van der Waals surface area contributed by atoms with Gasteiger partial charge in [-0.2, -0.15) is 0 Å². The fourth-order valence-corrected chi connectivity index (χ4v) is 2.71. The predicted molar refractivity (Wildman–Crippen MR) is 84.0 cm³/mol. The molecule has 0 fully saturated rings. The molecule has 0 aromatic heterocycles. The van der Waals surface area contributed by atoms with Crippen LogP contribution in [0.15, 0.2) is 36.4 Å². The Balaban J connectivity index is 2.30. The van der Waals surface area contributed by atoms with E-state index in [1.165, 1.54) is 23.3 Å². The Hall–Kier alpha value is -1.54. The van der Waals surface area contributed by atoms with Gasteiger partial charge in [-0.15, -0.1) is 0 Å². The molecule has 1 unspecified atom stereocenters. The van der Waals surface area contributed by atoms with Crippen LogP contribution >= 0.6 is 11.6 Å². The number of hydrogen-bond acceptors (Lipinski definition) is 1. The molecule has 0 aliphatic carbocycles. The molecule has 2 rings (SSSR count). The van der Waals surface area contributed by atoms with Gasteiger partial charge in [-0.05, 0) is 49.1 Å². The molecule has 1 N–H and O–H groups in total. The number of aryl methyl sites for hydroxylation is 2. The average molecular weight is 292 g/mol. The van der Waals surface area contributed by atoms with Crippen molar-refractivity contribution in [3.05, 3.63) is 63.9 Å². The summed E-state index contributed by atoms with van der Waals surface area (Å²) in [4.78, 5) is 0. The topological polar surface area (TPSA) is 12.0 Å². The van der Waals surface area contributed by atoms with Crippen LogP contribution in [-0.4, -0.2) is 0 Å². The number of benzene rings is 2. The first-order valence-electron chi connectivity index (χ1n) is 6.83. The molecule has 1 atom stereocenters. The van der Waals surface area contributed by atoms with Crippen LogP contribution in [-0.2, 0) is 6.42 Å². The first kappa shape index (κ1) is 14.9. The van der Waals surface area contributed by atoms with Crippen LogP contribution in [0.25, 0.3) is 0 Å². The third kappa shape index (κ3) is 3.13. The number of nitrogens with one attached hydrogen (secondary N) is 1. The Kier molecular flexibility index (Phi) is 4.66. The minimum absolute atomic E-state index is 0.0227. The van der Waals surface area contributed by atoms with E-state index in [1.54, 1.807) is 6.07 Å². The summed E-state index contributed by atoms with van der Waals surface area (Å²) >= 11 is 6.12. The van der Waals surface area contributed by atoms with E-state index in [9.17, 15) is 4.39 Å². The van der Waals surface area contributed by atoms with Crippen molar-refractivity contribution in [2.75, 3.05) is 5.32 Å². The number of para-hydroxylation sites is 1. The van der Waals surface area contributed by atoms with Gasteiger partial charge in [0, 0.05) is 10.7 Å². The Bertz CT molecular complexity index is 610. The van der Waals surface area contributed by atoms with E-state index in [-0.39, 0.29) is 11.9 Å². The van der Waals surface area contributed by atoms with Gasteiger partial charge in [0.1, 0.15) is 5.82 Å². The summed E-state index contributed by atoms with van der Waals surface area (Å²) in [5.74, 6) is -0.309. The molecule has 20 heavy (non-hydrogen) atoms. The SMILES string of the molecule is CCc1cccc(C)c1NC(C)c1ccc(F)cc1Cl. The molecule has 0 amide bonds. The Morgan fingerprint density at radius 2 is 2.00 bits per heavy atom. The maximum atomic E-state index is 13.1. The van der Waals surface area contributed by atoms with Gasteiger partial charge in [-0.3, -0.25) is 0 Å². The molecule has 0 bridgehead atoms. The van der Waals surface area contributed by atoms with Crippen molar-refractivity contribution >= 4 is 17.3 Å². The van der Waals surface area contributed by atoms with Crippen LogP contribution in [0.4, 0.5) is 10.1 Å². The smallest absolute Gasteiger partial charge is 0.124 e. The van der Waals surface area contributed by atoms with Gasteiger partial charge in [0.25, 0.3) is 0 Å². The van der Waals surface area contributed by atoms with Gasteiger partial charge < -0.3 is 5.32 Å². The van der Waals surface area contributed by atoms with Gasteiger partial charge in [0.15, 0.2) is 0 Å². The fourth-order valence-electron chi connectivity index (χ4n) is 2.38. The predicted octanol–water partition coefficient (Wildman–Crippen LogP) is 5.52. The number of anilines is 1. The van der Waals surface area contributed by atoms with Gasteiger partial charge >= 0.3 is 0 Å². The maximum Gasteiger partial charge on any atom is 0.124 e. The summed E-state index contributed by atoms with van der Waals surface area (Å²) in [6, 6.07) is 10.8. The second-order valence-electron chi connectivity index (χ2n) is 4.99. The van der Waals surface area contributed by atoms with Crippen LogP contribution in [0.2, 0.25) is 5.02 Å². The monoisotopic (exact) mass is 291 g/mol. The molecule has 0 radical (unpaired) electrons. The lowest BCUT2D eigenvalue weighted by Gasteiger charge is -2.21. The largest absolute Gasteiger partial charge is 0.378 e. The van der Waals surface area contributed by atoms with Gasteiger partial charge in [0.05, 0.1) is 6.04 Å². The standard InChI is InChI=1S/C17H19ClFN/c1-4-13-7-5-6-11(2)17(13)20-12(3)15-9-8-14(19)10-16(15)18/h5-10,12,20H,4H2,1-3H3. The molecule has 0 spiro atoms. The van der Waals surface area contributed by atoms with Crippen LogP contribution in [0.3, 0.4) is 0 Å². The van der Waals surface area contributed by atoms with E-state index >= 15 is 0 Å². The summed E-state index contributed by atoms with van der Waals surface area (Å²) in [6.45, 7) is 6.25. The second-order valence-corrected chi connectivity index (χ2v) is 5.40. The zero-order chi connectivity index (χ0) is 14.7. The van der Waals surface area contributed by atoms with Crippen molar-refractivity contribution in [2.45, 2.75) is 33.2 Å². The van der Waals surface area contributed by atoms with Gasteiger partial charge in [-0.25, -0.2) is 4.39 Å². The number of rotatable bonds is 4. The third-order valence-corrected chi connectivity index (χ3v) is 3.86. The van der Waals surface area contributed by atoms with Crippen molar-refractivity contribution in [1.29, 1.82) is 0 Å². The number of halogens is 2. The van der Waals surface area contributed by atoms with Gasteiger partial charge in [-0.1, -0.05) is 42.8 Å². The molecule has 0 saturated heterocycles. The summed E-state index contributed by atoms with van der Waals surface area (Å²) < 4.78 is 13.1. The lowest BCUT2D eigenvalue weighted by molar-refractivity contribution is 0.626. The van der Waals surface area contributed by atoms with E-state index in [1.807, 2.05) is 6.92 Å². The van der Waals surface area contributed by atoms with Crippen LogP contribution in [0.1, 0.15) is 36.6 Å². The zero-order valence-electron chi connectivity index (χ0n) is 12.0. The Labute approximate surface area is 124 Å². The molecular formula is C17H19ClFN. The summed E-state index contributed by atoms with van der Waals surface area (Å²) in [6.07, 6.45) is 0.966. The van der Waals surface area contributed by atoms with E-state index in [2.05, 4.69) is 37.4 Å². The van der Waals surface area contributed by atoms with Crippen molar-refractivity contribution in [1.82, 2.24) is 0 Å². The first-order valence-corrected chi connectivity index (χ1v) is 7.20. The van der Waals surface area contributed by atoms with Gasteiger partial charge in [0.2, 0.25) is 0 Å². The molecule has 0 heterocycles. The second kappa shape index (κ2) is 6.27. The van der Waals surface area contributed by atoms with Crippen molar-refractivity contribution in [3.8, 4) is 0 Å². The highest BCUT2D eigenvalue weighted by molar-refractivity contribution is 6.31. The number of hydrogen-bond donors (Lipinski definition) is 1. The molecule has 106 valence electrons. The molecule has 3 heteroatoms. The highest BCUT2D eigenvalue weighted by Crippen LogP contribution is 2.29. The van der Waals surface area contributed by atoms with E-state index in [0.717, 1.165) is 17.7 Å². The minimum Gasteiger partial charge on any atom is -0.378 e. The van der Waals surface area contributed by atoms with Crippen molar-refractivity contribution in [2.24, 2.45) is 0 Å². The van der Waals surface area contributed by atoms with Crippen LogP contribution < -0.4 is 5.32 Å². The van der Waals surface area contributed by atoms with Crippen molar-refractivity contribution < 1.29 is 4.39 Å². The van der Waals surface area contributed by atoms with E-state index in [4.69, 9.17) is 11.6 Å². The summed E-state index contributed by atoms with van der Waals surface area (Å²) in [7, 11) is 0. The quantitative estimate of drug-likeness (QED) is 0.782. The third-order valence-electron chi connectivity index (χ3n) is 3.53. The molecule has 2 aromatic rings. The molecule has 0 aliphatic rings. The normalized spacial score (nSPS) is 12.2. The summed E-state index contributed by atoms with van der Waals surface area (Å²) in [5.41, 5.74) is 4.52. The summed E-state index contributed by atoms with van der Waals surface area (Å²) in [5, 5.41) is 3.95. The van der Waals surface area contributed by atoms with Crippen LogP contribution in [0, 0.1) is 12.7 Å². The molecular weight excluding hydrogens is 273 g/mol. The lowest BCUT2D eigenvalue weighted by atomic mass is 10.0. The lowest BCUT2D eigenvalue weighted by Crippen LogP contribution is -2.10. The van der Waals surface area contributed by atoms with Crippen LogP contribution in [0.5, 0.6) is 0 Å². The highest BCUT2D eigenvalue weighted by atomic mass is 35.5. The molecule has 1 nitrogen and oxygen atoms in total.